The van der Waals surface area contributed by atoms with Gasteiger partial charge in [-0.3, -0.25) is 4.79 Å². The predicted octanol–water partition coefficient (Wildman–Crippen LogP) is 3.50. The zero-order chi connectivity index (χ0) is 12.0. The second-order valence-corrected chi connectivity index (χ2v) is 4.96. The molecule has 0 saturated heterocycles. The molecule has 1 N–H and O–H groups in total. The first-order chi connectivity index (χ1) is 8.20. The standard InChI is InChI=1S/C13H12ClNO2/c1-7-4-8-11(6-16)17-10-3-2-9(14)13(12(8)10)15-5-7/h2-3,6-7,15H,4-5H2,1H3. The smallest absolute Gasteiger partial charge is 0.185 e. The van der Waals surface area contributed by atoms with E-state index in [4.69, 9.17) is 16.0 Å². The number of furan rings is 1. The molecule has 0 fully saturated rings. The van der Waals surface area contributed by atoms with Crippen molar-refractivity contribution in [2.45, 2.75) is 13.3 Å². The molecular formula is C13H12ClNO2. The molecule has 3 rings (SSSR count). The first kappa shape index (κ1) is 10.7. The summed E-state index contributed by atoms with van der Waals surface area (Å²) >= 11 is 6.19. The first-order valence-electron chi connectivity index (χ1n) is 5.63. The van der Waals surface area contributed by atoms with Crippen molar-refractivity contribution in [1.82, 2.24) is 0 Å². The van der Waals surface area contributed by atoms with Crippen LogP contribution in [0.2, 0.25) is 5.02 Å². The lowest BCUT2D eigenvalue weighted by atomic mass is 10.00. The molecule has 1 aliphatic rings. The fourth-order valence-electron chi connectivity index (χ4n) is 2.41. The van der Waals surface area contributed by atoms with Crippen molar-refractivity contribution in [3.8, 4) is 0 Å². The van der Waals surface area contributed by atoms with Crippen LogP contribution in [-0.4, -0.2) is 12.8 Å². The Balaban J connectivity index is 2.39. The van der Waals surface area contributed by atoms with Gasteiger partial charge in [0.1, 0.15) is 5.58 Å². The zero-order valence-electron chi connectivity index (χ0n) is 9.42. The lowest BCUT2D eigenvalue weighted by Crippen LogP contribution is -2.11. The summed E-state index contributed by atoms with van der Waals surface area (Å²) in [4.78, 5) is 11.0. The molecule has 1 aromatic carbocycles. The zero-order valence-corrected chi connectivity index (χ0v) is 10.2. The molecule has 2 heterocycles. The maximum absolute atomic E-state index is 11.0. The number of aldehydes is 1. The summed E-state index contributed by atoms with van der Waals surface area (Å²) < 4.78 is 5.55. The van der Waals surface area contributed by atoms with Crippen LogP contribution in [0, 0.1) is 5.92 Å². The minimum atomic E-state index is 0.430. The lowest BCUT2D eigenvalue weighted by Gasteiger charge is -2.09. The van der Waals surface area contributed by atoms with E-state index in [9.17, 15) is 4.79 Å². The minimum Gasteiger partial charge on any atom is -0.453 e. The number of carbonyl (C=O) groups excluding carboxylic acids is 1. The number of rotatable bonds is 1. The first-order valence-corrected chi connectivity index (χ1v) is 6.01. The molecule has 0 bridgehead atoms. The van der Waals surface area contributed by atoms with Gasteiger partial charge in [-0.25, -0.2) is 0 Å². The molecule has 1 unspecified atom stereocenters. The highest BCUT2D eigenvalue weighted by Crippen LogP contribution is 2.39. The highest BCUT2D eigenvalue weighted by molar-refractivity contribution is 6.35. The molecule has 0 amide bonds. The van der Waals surface area contributed by atoms with Crippen LogP contribution in [0.1, 0.15) is 23.0 Å². The molecule has 17 heavy (non-hydrogen) atoms. The van der Waals surface area contributed by atoms with Crippen LogP contribution < -0.4 is 5.32 Å². The molecule has 3 nitrogen and oxygen atoms in total. The van der Waals surface area contributed by atoms with Gasteiger partial charge in [0, 0.05) is 17.5 Å². The monoisotopic (exact) mass is 249 g/mol. The summed E-state index contributed by atoms with van der Waals surface area (Å²) in [6.07, 6.45) is 1.62. The highest BCUT2D eigenvalue weighted by atomic mass is 35.5. The molecule has 2 aromatic rings. The van der Waals surface area contributed by atoms with Crippen LogP contribution in [0.5, 0.6) is 0 Å². The van der Waals surface area contributed by atoms with E-state index in [0.29, 0.717) is 16.7 Å². The topological polar surface area (TPSA) is 42.2 Å². The second-order valence-electron chi connectivity index (χ2n) is 4.55. The van der Waals surface area contributed by atoms with Gasteiger partial charge < -0.3 is 9.73 Å². The summed E-state index contributed by atoms with van der Waals surface area (Å²) in [6, 6.07) is 3.61. The van der Waals surface area contributed by atoms with Gasteiger partial charge in [-0.05, 0) is 24.5 Å². The highest BCUT2D eigenvalue weighted by Gasteiger charge is 2.23. The average Bonchev–Trinajstić information content (AvgIpc) is 2.56. The lowest BCUT2D eigenvalue weighted by molar-refractivity contribution is 0.110. The van der Waals surface area contributed by atoms with Gasteiger partial charge in [-0.1, -0.05) is 18.5 Å². The molecule has 0 spiro atoms. The largest absolute Gasteiger partial charge is 0.453 e. The normalized spacial score (nSPS) is 18.8. The number of carbonyl (C=O) groups is 1. The van der Waals surface area contributed by atoms with Crippen LogP contribution in [-0.2, 0) is 6.42 Å². The van der Waals surface area contributed by atoms with E-state index >= 15 is 0 Å². The Hall–Kier alpha value is -1.48. The summed E-state index contributed by atoms with van der Waals surface area (Å²) in [6.45, 7) is 2.99. The fourth-order valence-corrected chi connectivity index (χ4v) is 2.64. The Kier molecular flexibility index (Phi) is 2.37. The van der Waals surface area contributed by atoms with E-state index < -0.39 is 0 Å². The van der Waals surface area contributed by atoms with Crippen molar-refractivity contribution >= 4 is 34.5 Å². The van der Waals surface area contributed by atoms with Crippen molar-refractivity contribution in [3.05, 3.63) is 28.5 Å². The van der Waals surface area contributed by atoms with E-state index in [1.807, 2.05) is 6.07 Å². The van der Waals surface area contributed by atoms with Gasteiger partial charge in [0.15, 0.2) is 12.0 Å². The molecule has 1 atom stereocenters. The maximum atomic E-state index is 11.0. The number of hydrogen-bond acceptors (Lipinski definition) is 3. The number of nitrogens with one attached hydrogen (secondary N) is 1. The number of anilines is 1. The SMILES string of the molecule is CC1CNc2c(Cl)ccc3oc(C=O)c(c23)C1. The fraction of sp³-hybridized carbons (Fsp3) is 0.308. The quantitative estimate of drug-likeness (QED) is 0.787. The molecule has 88 valence electrons. The Bertz CT molecular complexity index is 603. The van der Waals surface area contributed by atoms with Crippen molar-refractivity contribution in [1.29, 1.82) is 0 Å². The molecule has 0 radical (unpaired) electrons. The molecule has 4 heteroatoms. The van der Waals surface area contributed by atoms with Crippen LogP contribution in [0.15, 0.2) is 16.5 Å². The minimum absolute atomic E-state index is 0.430. The molecule has 0 aliphatic carbocycles. The number of benzene rings is 1. The summed E-state index contributed by atoms with van der Waals surface area (Å²) in [5.74, 6) is 0.872. The third-order valence-corrected chi connectivity index (χ3v) is 3.54. The van der Waals surface area contributed by atoms with Gasteiger partial charge in [-0.2, -0.15) is 0 Å². The van der Waals surface area contributed by atoms with E-state index in [0.717, 1.165) is 41.5 Å². The average molecular weight is 250 g/mol. The van der Waals surface area contributed by atoms with E-state index in [-0.39, 0.29) is 0 Å². The number of hydrogen-bond donors (Lipinski definition) is 1. The predicted molar refractivity (Wildman–Crippen MR) is 68.0 cm³/mol. The third-order valence-electron chi connectivity index (χ3n) is 3.22. The Morgan fingerprint density at radius 1 is 1.53 bits per heavy atom. The van der Waals surface area contributed by atoms with E-state index in [1.165, 1.54) is 0 Å². The van der Waals surface area contributed by atoms with Crippen LogP contribution in [0.25, 0.3) is 11.0 Å². The summed E-state index contributed by atoms with van der Waals surface area (Å²) in [7, 11) is 0. The van der Waals surface area contributed by atoms with Gasteiger partial charge in [-0.15, -0.1) is 0 Å². The summed E-state index contributed by atoms with van der Waals surface area (Å²) in [5, 5.41) is 4.97. The molecule has 1 aromatic heterocycles. The maximum Gasteiger partial charge on any atom is 0.185 e. The van der Waals surface area contributed by atoms with Gasteiger partial charge in [0.2, 0.25) is 0 Å². The third kappa shape index (κ3) is 1.53. The molecule has 1 aliphatic heterocycles. The second kappa shape index (κ2) is 3.77. The van der Waals surface area contributed by atoms with E-state index in [2.05, 4.69) is 12.2 Å². The number of halogens is 1. The van der Waals surface area contributed by atoms with Crippen molar-refractivity contribution in [2.75, 3.05) is 11.9 Å². The Morgan fingerprint density at radius 3 is 3.12 bits per heavy atom. The van der Waals surface area contributed by atoms with Crippen molar-refractivity contribution < 1.29 is 9.21 Å². The van der Waals surface area contributed by atoms with Crippen molar-refractivity contribution in [2.24, 2.45) is 5.92 Å². The van der Waals surface area contributed by atoms with Gasteiger partial charge in [0.05, 0.1) is 10.7 Å². The van der Waals surface area contributed by atoms with Crippen molar-refractivity contribution in [3.63, 3.8) is 0 Å². The van der Waals surface area contributed by atoms with Gasteiger partial charge >= 0.3 is 0 Å². The van der Waals surface area contributed by atoms with Crippen LogP contribution >= 0.6 is 11.6 Å². The molecular weight excluding hydrogens is 238 g/mol. The molecule has 0 saturated carbocycles. The Labute approximate surface area is 104 Å². The Morgan fingerprint density at radius 2 is 2.35 bits per heavy atom. The van der Waals surface area contributed by atoms with Gasteiger partial charge in [0.25, 0.3) is 0 Å². The van der Waals surface area contributed by atoms with Crippen LogP contribution in [0.3, 0.4) is 0 Å². The summed E-state index contributed by atoms with van der Waals surface area (Å²) in [5.41, 5.74) is 2.59. The van der Waals surface area contributed by atoms with Crippen LogP contribution in [0.4, 0.5) is 5.69 Å². The van der Waals surface area contributed by atoms with E-state index in [1.54, 1.807) is 6.07 Å².